The Bertz CT molecular complexity index is 591. The lowest BCUT2D eigenvalue weighted by Gasteiger charge is -2.30. The molecular weight excluding hydrogens is 266 g/mol. The molecule has 2 N–H and O–H groups in total. The maximum atomic E-state index is 12.4. The molecule has 19 heavy (non-hydrogen) atoms. The normalized spacial score (nSPS) is 20.6. The van der Waals surface area contributed by atoms with Crippen LogP contribution in [0.3, 0.4) is 0 Å². The number of carbonyl (C=O) groups excluding carboxylic acids is 1. The zero-order chi connectivity index (χ0) is 14.2. The Morgan fingerprint density at radius 1 is 1.47 bits per heavy atom. The lowest BCUT2D eigenvalue weighted by molar-refractivity contribution is 0.0673. The minimum atomic E-state index is -3.77. The topological polar surface area (TPSA) is 85.4 Å². The predicted molar refractivity (Wildman–Crippen MR) is 71.1 cm³/mol. The fraction of sp³-hybridized carbons (Fsp3) is 0.583. The lowest BCUT2D eigenvalue weighted by atomic mass is 10.00. The van der Waals surface area contributed by atoms with Crippen molar-refractivity contribution < 1.29 is 13.2 Å². The van der Waals surface area contributed by atoms with Crippen LogP contribution in [-0.4, -0.2) is 36.9 Å². The molecule has 1 aromatic rings. The first-order valence-electron chi connectivity index (χ1n) is 6.27. The third-order valence-electron chi connectivity index (χ3n) is 3.47. The fourth-order valence-electron chi connectivity index (χ4n) is 2.44. The average Bonchev–Trinajstić information content (AvgIpc) is 2.70. The van der Waals surface area contributed by atoms with Gasteiger partial charge in [-0.15, -0.1) is 0 Å². The number of carbonyl (C=O) groups is 1. The molecule has 1 atom stereocenters. The summed E-state index contributed by atoms with van der Waals surface area (Å²) in [5, 5.41) is 5.07. The summed E-state index contributed by atoms with van der Waals surface area (Å²) < 4.78 is 24.1. The van der Waals surface area contributed by atoms with Crippen LogP contribution in [0.1, 0.15) is 30.3 Å². The summed E-state index contributed by atoms with van der Waals surface area (Å²) in [7, 11) is -2.12. The Labute approximate surface area is 113 Å². The van der Waals surface area contributed by atoms with Crippen molar-refractivity contribution in [2.24, 2.45) is 18.1 Å². The summed E-state index contributed by atoms with van der Waals surface area (Å²) in [6.45, 7) is 3.55. The van der Waals surface area contributed by atoms with Gasteiger partial charge in [0, 0.05) is 26.3 Å². The highest BCUT2D eigenvalue weighted by atomic mass is 32.2. The standard InChI is InChI=1S/C12H19N3O3S/c1-9-4-3-5-15(7-9)12(16)11-6-10(8-14(11)2)19(13,17)18/h6,8-9H,3-5,7H2,1-2H3,(H2,13,17,18). The van der Waals surface area contributed by atoms with Crippen molar-refractivity contribution in [3.05, 3.63) is 18.0 Å². The Morgan fingerprint density at radius 2 is 2.16 bits per heavy atom. The van der Waals surface area contributed by atoms with Crippen molar-refractivity contribution in [1.82, 2.24) is 9.47 Å². The largest absolute Gasteiger partial charge is 0.345 e. The summed E-state index contributed by atoms with van der Waals surface area (Å²) >= 11 is 0. The lowest BCUT2D eigenvalue weighted by Crippen LogP contribution is -2.39. The quantitative estimate of drug-likeness (QED) is 0.860. The Hall–Kier alpha value is -1.34. The zero-order valence-electron chi connectivity index (χ0n) is 11.2. The van der Waals surface area contributed by atoms with Gasteiger partial charge in [-0.1, -0.05) is 6.92 Å². The molecule has 1 amide bonds. The van der Waals surface area contributed by atoms with E-state index in [2.05, 4.69) is 6.92 Å². The van der Waals surface area contributed by atoms with Gasteiger partial charge in [-0.25, -0.2) is 13.6 Å². The number of amides is 1. The second kappa shape index (κ2) is 4.97. The minimum absolute atomic E-state index is 0.0246. The van der Waals surface area contributed by atoms with Gasteiger partial charge < -0.3 is 9.47 Å². The molecule has 1 fully saturated rings. The van der Waals surface area contributed by atoms with E-state index in [1.165, 1.54) is 16.8 Å². The molecule has 7 heteroatoms. The monoisotopic (exact) mass is 285 g/mol. The van der Waals surface area contributed by atoms with Crippen molar-refractivity contribution >= 4 is 15.9 Å². The summed E-state index contributed by atoms with van der Waals surface area (Å²) in [5.74, 6) is 0.347. The summed E-state index contributed by atoms with van der Waals surface area (Å²) in [5.41, 5.74) is 0.359. The van der Waals surface area contributed by atoms with E-state index in [0.29, 0.717) is 18.2 Å². The number of piperidine rings is 1. The molecule has 0 spiro atoms. The van der Waals surface area contributed by atoms with E-state index in [0.717, 1.165) is 19.4 Å². The number of nitrogens with zero attached hydrogens (tertiary/aromatic N) is 2. The van der Waals surface area contributed by atoms with E-state index < -0.39 is 10.0 Å². The summed E-state index contributed by atoms with van der Waals surface area (Å²) in [6, 6.07) is 1.34. The van der Waals surface area contributed by atoms with Gasteiger partial charge in [0.25, 0.3) is 5.91 Å². The van der Waals surface area contributed by atoms with Gasteiger partial charge in [-0.05, 0) is 24.8 Å². The molecule has 0 saturated carbocycles. The summed E-state index contributed by atoms with van der Waals surface area (Å²) in [6.07, 6.45) is 3.48. The molecule has 6 nitrogen and oxygen atoms in total. The van der Waals surface area contributed by atoms with Gasteiger partial charge >= 0.3 is 0 Å². The molecule has 0 radical (unpaired) electrons. The van der Waals surface area contributed by atoms with E-state index in [1.54, 1.807) is 11.9 Å². The smallest absolute Gasteiger partial charge is 0.270 e. The van der Waals surface area contributed by atoms with Crippen LogP contribution in [0.5, 0.6) is 0 Å². The minimum Gasteiger partial charge on any atom is -0.345 e. The highest BCUT2D eigenvalue weighted by Gasteiger charge is 2.25. The number of aryl methyl sites for hydroxylation is 1. The Kier molecular flexibility index (Phi) is 3.69. The van der Waals surface area contributed by atoms with Crippen molar-refractivity contribution in [2.45, 2.75) is 24.7 Å². The van der Waals surface area contributed by atoms with Crippen molar-refractivity contribution in [1.29, 1.82) is 0 Å². The third-order valence-corrected chi connectivity index (χ3v) is 4.35. The fourth-order valence-corrected chi connectivity index (χ4v) is 3.02. The number of hydrogen-bond acceptors (Lipinski definition) is 3. The SMILES string of the molecule is CC1CCCN(C(=O)c2cc(S(N)(=O)=O)cn2C)C1. The van der Waals surface area contributed by atoms with Gasteiger partial charge in [0.1, 0.15) is 10.6 Å². The number of sulfonamides is 1. The number of hydrogen-bond donors (Lipinski definition) is 1. The van der Waals surface area contributed by atoms with Crippen LogP contribution in [-0.2, 0) is 17.1 Å². The first kappa shape index (κ1) is 14.1. The molecule has 0 aliphatic carbocycles. The van der Waals surface area contributed by atoms with Crippen LogP contribution in [0.4, 0.5) is 0 Å². The molecule has 2 heterocycles. The maximum Gasteiger partial charge on any atom is 0.270 e. The van der Waals surface area contributed by atoms with Gasteiger partial charge in [-0.3, -0.25) is 4.79 Å². The molecule has 1 aliphatic heterocycles. The molecule has 1 saturated heterocycles. The Balaban J connectivity index is 2.26. The highest BCUT2D eigenvalue weighted by molar-refractivity contribution is 7.89. The zero-order valence-corrected chi connectivity index (χ0v) is 12.0. The van der Waals surface area contributed by atoms with Crippen molar-refractivity contribution in [2.75, 3.05) is 13.1 Å². The van der Waals surface area contributed by atoms with Crippen LogP contribution in [0.25, 0.3) is 0 Å². The van der Waals surface area contributed by atoms with E-state index in [-0.39, 0.29) is 10.8 Å². The summed E-state index contributed by atoms with van der Waals surface area (Å²) in [4.78, 5) is 14.1. The first-order valence-corrected chi connectivity index (χ1v) is 7.82. The second-order valence-electron chi connectivity index (χ2n) is 5.22. The van der Waals surface area contributed by atoms with E-state index in [9.17, 15) is 13.2 Å². The molecular formula is C12H19N3O3S. The second-order valence-corrected chi connectivity index (χ2v) is 6.78. The molecule has 106 valence electrons. The number of aromatic nitrogens is 1. The molecule has 1 aliphatic rings. The van der Waals surface area contributed by atoms with Crippen LogP contribution in [0.2, 0.25) is 0 Å². The van der Waals surface area contributed by atoms with Gasteiger partial charge in [-0.2, -0.15) is 0 Å². The van der Waals surface area contributed by atoms with Crippen LogP contribution in [0, 0.1) is 5.92 Å². The third kappa shape index (κ3) is 2.98. The van der Waals surface area contributed by atoms with Gasteiger partial charge in [0.15, 0.2) is 0 Å². The number of nitrogens with two attached hydrogens (primary N) is 1. The molecule has 1 aromatic heterocycles. The average molecular weight is 285 g/mol. The highest BCUT2D eigenvalue weighted by Crippen LogP contribution is 2.19. The van der Waals surface area contributed by atoms with Crippen LogP contribution >= 0.6 is 0 Å². The van der Waals surface area contributed by atoms with E-state index in [1.807, 2.05) is 0 Å². The number of likely N-dealkylation sites (tertiary alicyclic amines) is 1. The van der Waals surface area contributed by atoms with Crippen molar-refractivity contribution in [3.63, 3.8) is 0 Å². The first-order chi connectivity index (χ1) is 8.79. The van der Waals surface area contributed by atoms with Crippen LogP contribution < -0.4 is 5.14 Å². The molecule has 0 bridgehead atoms. The maximum absolute atomic E-state index is 12.4. The predicted octanol–water partition coefficient (Wildman–Crippen LogP) is 0.545. The van der Waals surface area contributed by atoms with E-state index in [4.69, 9.17) is 5.14 Å². The number of rotatable bonds is 2. The molecule has 0 aromatic carbocycles. The van der Waals surface area contributed by atoms with E-state index >= 15 is 0 Å². The van der Waals surface area contributed by atoms with Gasteiger partial charge in [0.2, 0.25) is 10.0 Å². The Morgan fingerprint density at radius 3 is 2.68 bits per heavy atom. The van der Waals surface area contributed by atoms with Crippen molar-refractivity contribution in [3.8, 4) is 0 Å². The molecule has 1 unspecified atom stereocenters. The van der Waals surface area contributed by atoms with Crippen LogP contribution in [0.15, 0.2) is 17.2 Å². The molecule has 2 rings (SSSR count). The van der Waals surface area contributed by atoms with Gasteiger partial charge in [0.05, 0.1) is 0 Å². The number of primary sulfonamides is 1.